The fourth-order valence-corrected chi connectivity index (χ4v) is 3.51. The van der Waals surface area contributed by atoms with E-state index in [4.69, 9.17) is 5.73 Å². The summed E-state index contributed by atoms with van der Waals surface area (Å²) in [4.78, 5) is 1.19. The van der Waals surface area contributed by atoms with Gasteiger partial charge in [-0.25, -0.2) is 4.39 Å². The van der Waals surface area contributed by atoms with Crippen LogP contribution < -0.4 is 5.73 Å². The van der Waals surface area contributed by atoms with Crippen LogP contribution in [0.1, 0.15) is 11.1 Å². The van der Waals surface area contributed by atoms with E-state index in [1.165, 1.54) is 11.0 Å². The molecule has 2 aromatic carbocycles. The highest BCUT2D eigenvalue weighted by atomic mass is 79.9. The molecule has 1 atom stereocenters. The van der Waals surface area contributed by atoms with E-state index < -0.39 is 0 Å². The average molecular weight is 354 g/mol. The molecule has 4 heteroatoms. The molecule has 20 heavy (non-hydrogen) atoms. The topological polar surface area (TPSA) is 26.0 Å². The first-order valence-electron chi connectivity index (χ1n) is 6.44. The lowest BCUT2D eigenvalue weighted by molar-refractivity contribution is 0.624. The van der Waals surface area contributed by atoms with E-state index in [0.29, 0.717) is 0 Å². The Morgan fingerprint density at radius 3 is 2.70 bits per heavy atom. The van der Waals surface area contributed by atoms with Gasteiger partial charge in [-0.3, -0.25) is 0 Å². The Balaban J connectivity index is 1.92. The first-order chi connectivity index (χ1) is 9.56. The fraction of sp³-hybridized carbons (Fsp3) is 0.250. The van der Waals surface area contributed by atoms with Gasteiger partial charge in [0.15, 0.2) is 0 Å². The SMILES string of the molecule is Cc1cc(F)ccc1CC(N)CSc1ccccc1Br. The van der Waals surface area contributed by atoms with Crippen molar-refractivity contribution in [3.8, 4) is 0 Å². The van der Waals surface area contributed by atoms with Gasteiger partial charge in [0.05, 0.1) is 0 Å². The third kappa shape index (κ3) is 4.33. The van der Waals surface area contributed by atoms with Crippen molar-refractivity contribution < 1.29 is 4.39 Å². The second-order valence-electron chi connectivity index (χ2n) is 4.78. The Morgan fingerprint density at radius 1 is 1.25 bits per heavy atom. The molecular formula is C16H17BrFNS. The van der Waals surface area contributed by atoms with Crippen molar-refractivity contribution in [1.82, 2.24) is 0 Å². The minimum absolute atomic E-state index is 0.0521. The molecule has 0 aliphatic rings. The summed E-state index contributed by atoms with van der Waals surface area (Å²) in [5.41, 5.74) is 8.26. The zero-order chi connectivity index (χ0) is 14.5. The van der Waals surface area contributed by atoms with E-state index in [-0.39, 0.29) is 11.9 Å². The molecule has 0 heterocycles. The highest BCUT2D eigenvalue weighted by Gasteiger charge is 2.09. The molecule has 0 saturated carbocycles. The van der Waals surface area contributed by atoms with Gasteiger partial charge in [-0.1, -0.05) is 18.2 Å². The van der Waals surface area contributed by atoms with Crippen LogP contribution in [0, 0.1) is 12.7 Å². The second kappa shape index (κ2) is 7.25. The van der Waals surface area contributed by atoms with Crippen LogP contribution in [0.3, 0.4) is 0 Å². The molecule has 0 aliphatic heterocycles. The minimum atomic E-state index is -0.192. The largest absolute Gasteiger partial charge is 0.327 e. The minimum Gasteiger partial charge on any atom is -0.327 e. The molecule has 1 nitrogen and oxygen atoms in total. The monoisotopic (exact) mass is 353 g/mol. The number of hydrogen-bond acceptors (Lipinski definition) is 2. The second-order valence-corrected chi connectivity index (χ2v) is 6.69. The number of halogens is 2. The highest BCUT2D eigenvalue weighted by molar-refractivity contribution is 9.10. The lowest BCUT2D eigenvalue weighted by Crippen LogP contribution is -2.26. The maximum Gasteiger partial charge on any atom is 0.123 e. The van der Waals surface area contributed by atoms with Crippen LogP contribution in [0.4, 0.5) is 4.39 Å². The molecule has 0 amide bonds. The Bertz CT molecular complexity index is 588. The Morgan fingerprint density at radius 2 is 2.00 bits per heavy atom. The zero-order valence-electron chi connectivity index (χ0n) is 11.3. The fourth-order valence-electron chi connectivity index (χ4n) is 1.99. The van der Waals surface area contributed by atoms with Crippen molar-refractivity contribution in [1.29, 1.82) is 0 Å². The third-order valence-corrected chi connectivity index (χ3v) is 5.29. The van der Waals surface area contributed by atoms with Crippen molar-refractivity contribution in [3.05, 3.63) is 63.9 Å². The van der Waals surface area contributed by atoms with Crippen LogP contribution in [0.2, 0.25) is 0 Å². The predicted octanol–water partition coefficient (Wildman–Crippen LogP) is 4.56. The highest BCUT2D eigenvalue weighted by Crippen LogP contribution is 2.27. The zero-order valence-corrected chi connectivity index (χ0v) is 13.7. The summed E-state index contributed by atoms with van der Waals surface area (Å²) in [6, 6.07) is 13.0. The summed E-state index contributed by atoms with van der Waals surface area (Å²) < 4.78 is 14.2. The summed E-state index contributed by atoms with van der Waals surface area (Å²) in [7, 11) is 0. The van der Waals surface area contributed by atoms with Crippen molar-refractivity contribution in [2.24, 2.45) is 5.73 Å². The number of benzene rings is 2. The molecule has 2 aromatic rings. The van der Waals surface area contributed by atoms with Gasteiger partial charge in [-0.15, -0.1) is 11.8 Å². The molecule has 1 unspecified atom stereocenters. The molecular weight excluding hydrogens is 337 g/mol. The smallest absolute Gasteiger partial charge is 0.123 e. The van der Waals surface area contributed by atoms with Crippen LogP contribution in [0.15, 0.2) is 51.8 Å². The number of aryl methyl sites for hydroxylation is 1. The predicted molar refractivity (Wildman–Crippen MR) is 87.7 cm³/mol. The molecule has 0 radical (unpaired) electrons. The van der Waals surface area contributed by atoms with Gasteiger partial charge in [0, 0.05) is 21.2 Å². The van der Waals surface area contributed by atoms with Gasteiger partial charge in [-0.05, 0) is 64.7 Å². The van der Waals surface area contributed by atoms with E-state index in [1.807, 2.05) is 31.2 Å². The van der Waals surface area contributed by atoms with Crippen molar-refractivity contribution in [2.45, 2.75) is 24.3 Å². The molecule has 0 saturated heterocycles. The summed E-state index contributed by atoms with van der Waals surface area (Å²) in [5, 5.41) is 0. The first-order valence-corrected chi connectivity index (χ1v) is 8.22. The summed E-state index contributed by atoms with van der Waals surface area (Å²) in [5.74, 6) is 0.641. The molecule has 0 bridgehead atoms. The standard InChI is InChI=1S/C16H17BrFNS/c1-11-8-13(18)7-6-12(11)9-14(19)10-20-16-5-3-2-4-15(16)17/h2-8,14H,9-10,19H2,1H3. The molecule has 0 spiro atoms. The number of thioether (sulfide) groups is 1. The van der Waals surface area contributed by atoms with Gasteiger partial charge < -0.3 is 5.73 Å². The normalized spacial score (nSPS) is 12.4. The van der Waals surface area contributed by atoms with Crippen LogP contribution >= 0.6 is 27.7 Å². The maximum atomic E-state index is 13.1. The van der Waals surface area contributed by atoms with Crippen molar-refractivity contribution >= 4 is 27.7 Å². The van der Waals surface area contributed by atoms with Crippen LogP contribution in [0.25, 0.3) is 0 Å². The molecule has 106 valence electrons. The summed E-state index contributed by atoms with van der Waals surface area (Å²) in [6.45, 7) is 1.92. The molecule has 0 aliphatic carbocycles. The van der Waals surface area contributed by atoms with Gasteiger partial charge in [0.1, 0.15) is 5.82 Å². The summed E-state index contributed by atoms with van der Waals surface area (Å²) in [6.07, 6.45) is 0.767. The summed E-state index contributed by atoms with van der Waals surface area (Å²) >= 11 is 5.27. The van der Waals surface area contributed by atoms with Gasteiger partial charge in [0.25, 0.3) is 0 Å². The molecule has 0 fully saturated rings. The first kappa shape index (κ1) is 15.5. The van der Waals surface area contributed by atoms with E-state index in [1.54, 1.807) is 17.8 Å². The van der Waals surface area contributed by atoms with Crippen molar-refractivity contribution in [3.63, 3.8) is 0 Å². The Hall–Kier alpha value is -0.840. The molecule has 2 N–H and O–H groups in total. The lowest BCUT2D eigenvalue weighted by Gasteiger charge is -2.13. The van der Waals surface area contributed by atoms with E-state index in [9.17, 15) is 4.39 Å². The number of rotatable bonds is 5. The van der Waals surface area contributed by atoms with Crippen LogP contribution in [0.5, 0.6) is 0 Å². The quantitative estimate of drug-likeness (QED) is 0.797. The third-order valence-electron chi connectivity index (χ3n) is 3.08. The molecule has 0 aromatic heterocycles. The van der Waals surface area contributed by atoms with Crippen LogP contribution in [-0.4, -0.2) is 11.8 Å². The van der Waals surface area contributed by atoms with E-state index >= 15 is 0 Å². The Kier molecular flexibility index (Phi) is 5.64. The van der Waals surface area contributed by atoms with Gasteiger partial charge in [-0.2, -0.15) is 0 Å². The average Bonchev–Trinajstić information content (AvgIpc) is 2.41. The Labute approximate surface area is 131 Å². The molecule has 2 rings (SSSR count). The maximum absolute atomic E-state index is 13.1. The van der Waals surface area contributed by atoms with Crippen molar-refractivity contribution in [2.75, 3.05) is 5.75 Å². The van der Waals surface area contributed by atoms with Crippen LogP contribution in [-0.2, 0) is 6.42 Å². The lowest BCUT2D eigenvalue weighted by atomic mass is 10.0. The van der Waals surface area contributed by atoms with E-state index in [0.717, 1.165) is 27.8 Å². The van der Waals surface area contributed by atoms with E-state index in [2.05, 4.69) is 22.0 Å². The number of hydrogen-bond donors (Lipinski definition) is 1. The number of nitrogens with two attached hydrogens (primary N) is 1. The van der Waals surface area contributed by atoms with Gasteiger partial charge in [0.2, 0.25) is 0 Å². The van der Waals surface area contributed by atoms with Gasteiger partial charge >= 0.3 is 0 Å².